The molecule has 1 unspecified atom stereocenters. The van der Waals surface area contributed by atoms with Crippen molar-refractivity contribution in [3.05, 3.63) is 70.3 Å². The van der Waals surface area contributed by atoms with Crippen LogP contribution in [0.3, 0.4) is 0 Å². The van der Waals surface area contributed by atoms with Crippen molar-refractivity contribution in [3.8, 4) is 11.9 Å². The number of ether oxygens (including phenoxy) is 1. The highest BCUT2D eigenvalue weighted by Gasteiger charge is 2.48. The summed E-state index contributed by atoms with van der Waals surface area (Å²) < 4.78 is 62.7. The Morgan fingerprint density at radius 3 is 2.51 bits per heavy atom. The molecule has 4 rings (SSSR count). The largest absolute Gasteiger partial charge is 0.481 e. The number of hydrogen-bond acceptors (Lipinski definition) is 5. The number of aromatic nitrogens is 1. The first kappa shape index (κ1) is 24.4. The Morgan fingerprint density at radius 2 is 1.94 bits per heavy atom. The van der Waals surface area contributed by atoms with Gasteiger partial charge in [0, 0.05) is 31.3 Å². The Labute approximate surface area is 199 Å². The highest BCUT2D eigenvalue weighted by molar-refractivity contribution is 6.11. The second-order valence-corrected chi connectivity index (χ2v) is 8.38. The van der Waals surface area contributed by atoms with Crippen LogP contribution in [0.15, 0.2) is 52.8 Å². The number of alkyl halides is 3. The van der Waals surface area contributed by atoms with E-state index in [1.165, 1.54) is 36.4 Å². The third-order valence-electron chi connectivity index (χ3n) is 6.15. The minimum absolute atomic E-state index is 0.0723. The van der Waals surface area contributed by atoms with E-state index in [-0.39, 0.29) is 23.3 Å². The number of pyridine rings is 1. The lowest BCUT2D eigenvalue weighted by Crippen LogP contribution is -2.37. The fourth-order valence-electron chi connectivity index (χ4n) is 4.42. The number of aliphatic imine (C=N–C) groups is 1. The number of methoxy groups -OCH3 is 1. The van der Waals surface area contributed by atoms with E-state index in [2.05, 4.69) is 9.98 Å². The molecular weight excluding hydrogens is 464 g/mol. The first-order chi connectivity index (χ1) is 16.7. The van der Waals surface area contributed by atoms with Gasteiger partial charge >= 0.3 is 6.18 Å². The zero-order valence-electron chi connectivity index (χ0n) is 18.9. The van der Waals surface area contributed by atoms with Gasteiger partial charge in [-0.2, -0.15) is 18.4 Å². The number of piperidine rings is 1. The maximum atomic E-state index is 14.4. The summed E-state index contributed by atoms with van der Waals surface area (Å²) in [6.45, 7) is 0.716. The second-order valence-electron chi connectivity index (χ2n) is 8.38. The highest BCUT2D eigenvalue weighted by atomic mass is 19.4. The minimum atomic E-state index is -4.85. The molecule has 1 atom stereocenters. The van der Waals surface area contributed by atoms with E-state index in [1.807, 2.05) is 0 Å². The summed E-state index contributed by atoms with van der Waals surface area (Å²) in [5, 5.41) is 9.03. The Kier molecular flexibility index (Phi) is 6.87. The molecule has 0 saturated carbocycles. The molecule has 1 aromatic heterocycles. The normalized spacial score (nSPS) is 18.3. The zero-order chi connectivity index (χ0) is 25.2. The molecule has 0 spiro atoms. The van der Waals surface area contributed by atoms with Gasteiger partial charge in [-0.15, -0.1) is 0 Å². The minimum Gasteiger partial charge on any atom is -0.481 e. The van der Waals surface area contributed by atoms with E-state index in [1.54, 1.807) is 12.1 Å². The van der Waals surface area contributed by atoms with Crippen LogP contribution in [0, 0.1) is 23.1 Å². The Morgan fingerprint density at radius 1 is 1.20 bits per heavy atom. The number of rotatable bonds is 5. The number of amides is 1. The third-order valence-corrected chi connectivity index (χ3v) is 6.15. The lowest BCUT2D eigenvalue weighted by atomic mass is 9.85. The Bertz CT molecular complexity index is 1220. The van der Waals surface area contributed by atoms with E-state index in [0.29, 0.717) is 37.4 Å². The summed E-state index contributed by atoms with van der Waals surface area (Å²) >= 11 is 0. The number of carbonyl (C=O) groups is 1. The molecule has 35 heavy (non-hydrogen) atoms. The number of nitrogens with zero attached hydrogens (tertiary/aromatic N) is 4. The van der Waals surface area contributed by atoms with Crippen LogP contribution in [0.2, 0.25) is 0 Å². The number of allylic oxidation sites excluding steroid dienone is 1. The van der Waals surface area contributed by atoms with Crippen LogP contribution in [0.25, 0.3) is 0 Å². The monoisotopic (exact) mass is 486 g/mol. The van der Waals surface area contributed by atoms with Gasteiger partial charge in [-0.05, 0) is 48.9 Å². The van der Waals surface area contributed by atoms with Crippen LogP contribution in [0.4, 0.5) is 17.6 Å². The van der Waals surface area contributed by atoms with Gasteiger partial charge in [-0.25, -0.2) is 14.4 Å². The molecule has 10 heteroatoms. The summed E-state index contributed by atoms with van der Waals surface area (Å²) in [6, 6.07) is 8.33. The average Bonchev–Trinajstić information content (AvgIpc) is 3.24. The lowest BCUT2D eigenvalue weighted by Gasteiger charge is -2.27. The van der Waals surface area contributed by atoms with E-state index in [4.69, 9.17) is 10.00 Å². The number of hydrogen-bond donors (Lipinski definition) is 0. The van der Waals surface area contributed by atoms with Crippen LogP contribution in [0.1, 0.15) is 36.0 Å². The van der Waals surface area contributed by atoms with Gasteiger partial charge in [0.25, 0.3) is 5.91 Å². The van der Waals surface area contributed by atoms with Crippen molar-refractivity contribution >= 4 is 11.6 Å². The molecule has 0 aliphatic carbocycles. The van der Waals surface area contributed by atoms with Crippen LogP contribution in [0.5, 0.6) is 5.88 Å². The third kappa shape index (κ3) is 5.04. The number of halogens is 4. The SMILES string of the molecule is COc1ccc(CC2C(c3ccc(C#N)c(F)c3)=NC(C(=O)N3CCCCC3)=C2C(F)(F)F)cn1. The molecule has 2 aliphatic heterocycles. The van der Waals surface area contributed by atoms with Crippen molar-refractivity contribution in [2.75, 3.05) is 20.2 Å². The number of likely N-dealkylation sites (tertiary alicyclic amines) is 1. The predicted molar refractivity (Wildman–Crippen MR) is 119 cm³/mol. The van der Waals surface area contributed by atoms with Crippen molar-refractivity contribution < 1.29 is 27.1 Å². The van der Waals surface area contributed by atoms with E-state index < -0.39 is 35.1 Å². The smallest absolute Gasteiger partial charge is 0.415 e. The number of nitriles is 1. The molecule has 1 amide bonds. The number of benzene rings is 1. The number of carbonyl (C=O) groups excluding carboxylic acids is 1. The van der Waals surface area contributed by atoms with Crippen molar-refractivity contribution in [3.63, 3.8) is 0 Å². The van der Waals surface area contributed by atoms with Gasteiger partial charge < -0.3 is 9.64 Å². The fourth-order valence-corrected chi connectivity index (χ4v) is 4.42. The quantitative estimate of drug-likeness (QED) is 0.579. The molecule has 1 saturated heterocycles. The van der Waals surface area contributed by atoms with Gasteiger partial charge in [0.15, 0.2) is 0 Å². The van der Waals surface area contributed by atoms with Crippen molar-refractivity contribution in [1.82, 2.24) is 9.88 Å². The second kappa shape index (κ2) is 9.86. The molecule has 1 aromatic carbocycles. The topological polar surface area (TPSA) is 78.6 Å². The molecule has 0 radical (unpaired) electrons. The molecule has 182 valence electrons. The lowest BCUT2D eigenvalue weighted by molar-refractivity contribution is -0.129. The van der Waals surface area contributed by atoms with Crippen LogP contribution in [-0.2, 0) is 11.2 Å². The van der Waals surface area contributed by atoms with Gasteiger partial charge in [-0.3, -0.25) is 4.79 Å². The van der Waals surface area contributed by atoms with Gasteiger partial charge in [0.2, 0.25) is 5.88 Å². The first-order valence-electron chi connectivity index (χ1n) is 11.1. The molecular formula is C25H22F4N4O2. The average molecular weight is 486 g/mol. The van der Waals surface area contributed by atoms with Crippen molar-refractivity contribution in [2.45, 2.75) is 31.9 Å². The van der Waals surface area contributed by atoms with Crippen LogP contribution >= 0.6 is 0 Å². The first-order valence-corrected chi connectivity index (χ1v) is 11.1. The molecule has 0 N–H and O–H groups in total. The Hall–Kier alpha value is -3.74. The molecule has 2 aliphatic rings. The maximum absolute atomic E-state index is 14.4. The van der Waals surface area contributed by atoms with E-state index >= 15 is 0 Å². The molecule has 2 aromatic rings. The standard InChI is InChI=1S/C25H22F4N4O2/c1-35-20-8-5-15(14-31-20)11-18-21(25(27,28)29)23(24(34)33-9-3-2-4-10-33)32-22(18)16-6-7-17(13-30)19(26)12-16/h5-8,12,14,18H,2-4,9-11H2,1H3. The summed E-state index contributed by atoms with van der Waals surface area (Å²) in [7, 11) is 1.42. The zero-order valence-corrected chi connectivity index (χ0v) is 18.9. The summed E-state index contributed by atoms with van der Waals surface area (Å²) in [4.78, 5) is 22.8. The van der Waals surface area contributed by atoms with E-state index in [0.717, 1.165) is 12.5 Å². The van der Waals surface area contributed by atoms with Gasteiger partial charge in [0.05, 0.1) is 24.0 Å². The molecule has 1 fully saturated rings. The molecule has 6 nitrogen and oxygen atoms in total. The summed E-state index contributed by atoms with van der Waals surface area (Å²) in [6.07, 6.45) is -1.29. The van der Waals surface area contributed by atoms with Gasteiger partial charge in [0.1, 0.15) is 17.6 Å². The van der Waals surface area contributed by atoms with Crippen LogP contribution < -0.4 is 4.74 Å². The predicted octanol–water partition coefficient (Wildman–Crippen LogP) is 4.59. The summed E-state index contributed by atoms with van der Waals surface area (Å²) in [5.41, 5.74) is -1.48. The van der Waals surface area contributed by atoms with Gasteiger partial charge in [-0.1, -0.05) is 12.1 Å². The van der Waals surface area contributed by atoms with Crippen molar-refractivity contribution in [2.24, 2.45) is 10.9 Å². The summed E-state index contributed by atoms with van der Waals surface area (Å²) in [5.74, 6) is -2.71. The molecule has 3 heterocycles. The molecule has 0 bridgehead atoms. The fraction of sp³-hybridized carbons (Fsp3) is 0.360. The van der Waals surface area contributed by atoms with Crippen molar-refractivity contribution in [1.29, 1.82) is 5.26 Å². The van der Waals surface area contributed by atoms with E-state index in [9.17, 15) is 22.4 Å². The maximum Gasteiger partial charge on any atom is 0.415 e. The van der Waals surface area contributed by atoms with Crippen LogP contribution in [-0.4, -0.2) is 47.9 Å². The Balaban J connectivity index is 1.82. The highest BCUT2D eigenvalue weighted by Crippen LogP contribution is 2.43.